The van der Waals surface area contributed by atoms with Crippen LogP contribution in [0.15, 0.2) is 41.8 Å². The average Bonchev–Trinajstić information content (AvgIpc) is 2.18. The second-order valence-electron chi connectivity index (χ2n) is 3.01. The first-order chi connectivity index (χ1) is 7.27. The number of carboxylic acids is 1. The summed E-state index contributed by atoms with van der Waals surface area (Å²) < 4.78 is 3.06. The Morgan fingerprint density at radius 2 is 2.07 bits per heavy atom. The summed E-state index contributed by atoms with van der Waals surface area (Å²) in [6, 6.07) is 10.6. The summed E-state index contributed by atoms with van der Waals surface area (Å²) in [5.74, 6) is -0.922. The molecule has 1 heterocycles. The van der Waals surface area contributed by atoms with Crippen molar-refractivity contribution in [3.63, 3.8) is 0 Å². The Morgan fingerprint density at radius 1 is 1.27 bits per heavy atom. The van der Waals surface area contributed by atoms with Crippen molar-refractivity contribution in [2.45, 2.75) is 0 Å². The van der Waals surface area contributed by atoms with Crippen LogP contribution < -0.4 is 0 Å². The first-order valence-corrected chi connectivity index (χ1v) is 5.27. The van der Waals surface area contributed by atoms with Crippen LogP contribution in [0.3, 0.4) is 0 Å². The molecule has 76 valence electrons. The van der Waals surface area contributed by atoms with E-state index in [1.165, 1.54) is 11.5 Å². The highest BCUT2D eigenvalue weighted by molar-refractivity contribution is 7.03. The molecule has 0 amide bonds. The zero-order chi connectivity index (χ0) is 10.7. The summed E-state index contributed by atoms with van der Waals surface area (Å²) in [5.41, 5.74) is 0.273. The molecule has 0 bridgehead atoms. The number of aromatic amines is 1. The zero-order valence-corrected chi connectivity index (χ0v) is 8.62. The lowest BCUT2D eigenvalue weighted by molar-refractivity contribution is 0.0697. The fraction of sp³-hybridized carbons (Fsp3) is 0. The number of rotatable bonds is 1. The minimum absolute atomic E-state index is 0.273. The van der Waals surface area contributed by atoms with Gasteiger partial charge in [0.25, 0.3) is 0 Å². The molecule has 15 heavy (non-hydrogen) atoms. The smallest absolute Gasteiger partial charge is 0.335 e. The maximum absolute atomic E-state index is 10.9. The van der Waals surface area contributed by atoms with Gasteiger partial charge in [-0.25, -0.2) is 4.79 Å². The number of hydrogen-bond donors (Lipinski definition) is 2. The Bertz CT molecular complexity index is 583. The minimum Gasteiger partial charge on any atom is -0.478 e. The van der Waals surface area contributed by atoms with E-state index in [0.717, 1.165) is 10.6 Å². The van der Waals surface area contributed by atoms with Gasteiger partial charge in [-0.2, -0.15) is 0 Å². The molecule has 2 rings (SSSR count). The number of carbonyl (C=O) groups is 1. The molecule has 0 aromatic rings. The van der Waals surface area contributed by atoms with Crippen molar-refractivity contribution in [2.24, 2.45) is 0 Å². The topological polar surface area (TPSA) is 53.1 Å². The SMILES string of the molecule is O=C(O)c1ccccc2ccs[nH]c=2c1. The highest BCUT2D eigenvalue weighted by Crippen LogP contribution is 2.01. The summed E-state index contributed by atoms with van der Waals surface area (Å²) in [7, 11) is 0. The lowest BCUT2D eigenvalue weighted by Crippen LogP contribution is -1.94. The van der Waals surface area contributed by atoms with Gasteiger partial charge >= 0.3 is 5.97 Å². The van der Waals surface area contributed by atoms with Crippen LogP contribution in [0.4, 0.5) is 0 Å². The Kier molecular flexibility index (Phi) is 2.69. The van der Waals surface area contributed by atoms with Gasteiger partial charge in [-0.1, -0.05) is 29.7 Å². The van der Waals surface area contributed by atoms with Crippen LogP contribution in [0, 0.1) is 10.6 Å². The Labute approximate surface area is 90.1 Å². The van der Waals surface area contributed by atoms with Crippen LogP contribution in [0.2, 0.25) is 0 Å². The van der Waals surface area contributed by atoms with E-state index in [2.05, 4.69) is 4.37 Å². The van der Waals surface area contributed by atoms with E-state index >= 15 is 0 Å². The molecule has 0 radical (unpaired) electrons. The average molecular weight is 219 g/mol. The van der Waals surface area contributed by atoms with Crippen LogP contribution in [0.25, 0.3) is 0 Å². The normalized spacial score (nSPS) is 9.87. The Balaban J connectivity index is 2.88. The van der Waals surface area contributed by atoms with Crippen molar-refractivity contribution >= 4 is 17.5 Å². The predicted octanol–water partition coefficient (Wildman–Crippen LogP) is 2.62. The van der Waals surface area contributed by atoms with Gasteiger partial charge in [-0.15, -0.1) is 0 Å². The molecule has 0 fully saturated rings. The summed E-state index contributed by atoms with van der Waals surface area (Å²) in [6.07, 6.45) is 0. The molecule has 4 heteroatoms. The number of aromatic carboxylic acids is 1. The molecular weight excluding hydrogens is 210 g/mol. The molecule has 0 aromatic heterocycles. The van der Waals surface area contributed by atoms with Gasteiger partial charge in [0.1, 0.15) is 0 Å². The summed E-state index contributed by atoms with van der Waals surface area (Å²) in [5, 5.41) is 12.6. The van der Waals surface area contributed by atoms with E-state index in [1.807, 2.05) is 23.6 Å². The highest BCUT2D eigenvalue weighted by Gasteiger charge is 1.98. The van der Waals surface area contributed by atoms with Gasteiger partial charge in [0.05, 0.1) is 10.9 Å². The molecule has 0 saturated heterocycles. The van der Waals surface area contributed by atoms with E-state index in [0.29, 0.717) is 0 Å². The second kappa shape index (κ2) is 4.14. The molecule has 1 aliphatic heterocycles. The first-order valence-electron chi connectivity index (χ1n) is 4.39. The third-order valence-corrected chi connectivity index (χ3v) is 2.61. The summed E-state index contributed by atoms with van der Waals surface area (Å²) in [6.45, 7) is 0. The number of H-pyrrole nitrogens is 1. The largest absolute Gasteiger partial charge is 0.478 e. The third kappa shape index (κ3) is 2.16. The number of aromatic nitrogens is 1. The van der Waals surface area contributed by atoms with Gasteiger partial charge in [0.15, 0.2) is 0 Å². The molecular formula is C11H9NO2S. The van der Waals surface area contributed by atoms with E-state index in [1.54, 1.807) is 18.2 Å². The molecule has 0 unspecified atom stereocenters. The van der Waals surface area contributed by atoms with E-state index in [4.69, 9.17) is 5.11 Å². The summed E-state index contributed by atoms with van der Waals surface area (Å²) in [4.78, 5) is 10.9. The van der Waals surface area contributed by atoms with Gasteiger partial charge in [-0.3, -0.25) is 0 Å². The lowest BCUT2D eigenvalue weighted by Gasteiger charge is -1.92. The maximum Gasteiger partial charge on any atom is 0.335 e. The van der Waals surface area contributed by atoms with Gasteiger partial charge in [0.2, 0.25) is 0 Å². The fourth-order valence-electron chi connectivity index (χ4n) is 1.27. The van der Waals surface area contributed by atoms with Gasteiger partial charge in [-0.05, 0) is 23.4 Å². The van der Waals surface area contributed by atoms with E-state index in [-0.39, 0.29) is 5.56 Å². The summed E-state index contributed by atoms with van der Waals surface area (Å²) >= 11 is 1.43. The molecule has 0 saturated carbocycles. The van der Waals surface area contributed by atoms with E-state index in [9.17, 15) is 4.79 Å². The number of hydrogen-bond acceptors (Lipinski definition) is 2. The van der Waals surface area contributed by atoms with Crippen molar-refractivity contribution in [1.82, 2.24) is 4.37 Å². The fourth-order valence-corrected chi connectivity index (χ4v) is 1.85. The monoisotopic (exact) mass is 219 g/mol. The standard InChI is InChI=1S/C11H9NO2S/c13-11(14)9-4-2-1-3-8-5-6-15-12-10(8)7-9/h1-7,12H,(H,13,14). The van der Waals surface area contributed by atoms with Gasteiger partial charge in [0, 0.05) is 5.38 Å². The van der Waals surface area contributed by atoms with Crippen molar-refractivity contribution in [3.05, 3.63) is 57.9 Å². The number of nitrogens with one attached hydrogen (secondary N) is 1. The van der Waals surface area contributed by atoms with Crippen molar-refractivity contribution < 1.29 is 9.90 Å². The molecule has 0 atom stereocenters. The van der Waals surface area contributed by atoms with Crippen LogP contribution in [0.5, 0.6) is 0 Å². The van der Waals surface area contributed by atoms with Crippen LogP contribution in [0.1, 0.15) is 10.4 Å². The van der Waals surface area contributed by atoms with E-state index < -0.39 is 5.97 Å². The molecule has 2 N–H and O–H groups in total. The lowest BCUT2D eigenvalue weighted by atomic mass is 10.2. The maximum atomic E-state index is 10.9. The van der Waals surface area contributed by atoms with Crippen molar-refractivity contribution in [2.75, 3.05) is 0 Å². The number of carboxylic acid groups (broad SMARTS) is 1. The predicted molar refractivity (Wildman–Crippen MR) is 58.6 cm³/mol. The zero-order valence-electron chi connectivity index (χ0n) is 7.81. The second-order valence-corrected chi connectivity index (χ2v) is 3.73. The third-order valence-electron chi connectivity index (χ3n) is 2.00. The van der Waals surface area contributed by atoms with Crippen LogP contribution in [-0.2, 0) is 0 Å². The molecule has 0 aromatic carbocycles. The minimum atomic E-state index is -0.922. The Hall–Kier alpha value is -1.81. The molecule has 3 nitrogen and oxygen atoms in total. The van der Waals surface area contributed by atoms with Crippen LogP contribution >= 0.6 is 11.5 Å². The molecule has 2 aliphatic rings. The van der Waals surface area contributed by atoms with Crippen LogP contribution in [-0.4, -0.2) is 15.4 Å². The molecule has 1 aliphatic carbocycles. The first kappa shape index (κ1) is 9.73. The van der Waals surface area contributed by atoms with Crippen molar-refractivity contribution in [1.29, 1.82) is 0 Å². The quantitative estimate of drug-likeness (QED) is 0.774. The Morgan fingerprint density at radius 3 is 2.87 bits per heavy atom. The van der Waals surface area contributed by atoms with Gasteiger partial charge < -0.3 is 9.48 Å². The van der Waals surface area contributed by atoms with Crippen molar-refractivity contribution in [3.8, 4) is 0 Å². The highest BCUT2D eigenvalue weighted by atomic mass is 32.1. The molecule has 0 spiro atoms.